The Morgan fingerprint density at radius 2 is 1.83 bits per heavy atom. The first kappa shape index (κ1) is 19.1. The Morgan fingerprint density at radius 3 is 2.50 bits per heavy atom. The lowest BCUT2D eigenvalue weighted by molar-refractivity contribution is -0.140. The number of hydrogen-bond donors (Lipinski definition) is 1. The molecule has 0 amide bonds. The first-order chi connectivity index (χ1) is 11.7. The van der Waals surface area contributed by atoms with E-state index in [1.807, 2.05) is 7.05 Å². The van der Waals surface area contributed by atoms with E-state index in [1.54, 1.807) is 0 Å². The largest absolute Gasteiger partial charge is 0.469 e. The summed E-state index contributed by atoms with van der Waals surface area (Å²) in [5.74, 6) is 0.919. The Kier molecular flexibility index (Phi) is 7.86. The molecular formula is C19H35N3O2. The van der Waals surface area contributed by atoms with Crippen LogP contribution in [0.3, 0.4) is 0 Å². The zero-order valence-corrected chi connectivity index (χ0v) is 15.6. The molecule has 0 aromatic carbocycles. The van der Waals surface area contributed by atoms with Crippen molar-refractivity contribution in [3.63, 3.8) is 0 Å². The molecule has 1 aliphatic carbocycles. The van der Waals surface area contributed by atoms with E-state index in [0.717, 1.165) is 38.4 Å². The number of ether oxygens (including phenoxy) is 1. The van der Waals surface area contributed by atoms with Crippen molar-refractivity contribution >= 4 is 11.9 Å². The van der Waals surface area contributed by atoms with Crippen LogP contribution in [0.25, 0.3) is 0 Å². The molecule has 0 unspecified atom stereocenters. The number of nitrogens with zero attached hydrogens (tertiary/aromatic N) is 2. The topological polar surface area (TPSA) is 53.9 Å². The lowest BCUT2D eigenvalue weighted by atomic mass is 9.74. The number of rotatable bonds is 5. The fourth-order valence-corrected chi connectivity index (χ4v) is 4.30. The summed E-state index contributed by atoms with van der Waals surface area (Å²) >= 11 is 0. The fourth-order valence-electron chi connectivity index (χ4n) is 4.30. The van der Waals surface area contributed by atoms with Crippen molar-refractivity contribution in [2.24, 2.45) is 10.4 Å². The third kappa shape index (κ3) is 5.67. The molecule has 2 rings (SSSR count). The molecule has 1 saturated heterocycles. The number of carbonyl (C=O) groups is 1. The van der Waals surface area contributed by atoms with Gasteiger partial charge in [-0.15, -0.1) is 0 Å². The maximum atomic E-state index is 11.1. The highest BCUT2D eigenvalue weighted by atomic mass is 16.5. The SMILES string of the molecule is CN=C(NCCCCC(=O)OC)N1CCCC2(CCCCCC2)C1. The summed E-state index contributed by atoms with van der Waals surface area (Å²) in [7, 11) is 3.33. The number of carbonyl (C=O) groups excluding carboxylic acids is 1. The first-order valence-corrected chi connectivity index (χ1v) is 9.71. The van der Waals surface area contributed by atoms with Crippen LogP contribution in [0.15, 0.2) is 4.99 Å². The van der Waals surface area contributed by atoms with Crippen molar-refractivity contribution in [1.82, 2.24) is 10.2 Å². The average molecular weight is 338 g/mol. The van der Waals surface area contributed by atoms with Crippen molar-refractivity contribution in [3.05, 3.63) is 0 Å². The predicted molar refractivity (Wildman–Crippen MR) is 98.2 cm³/mol. The maximum absolute atomic E-state index is 11.1. The molecule has 2 fully saturated rings. The highest BCUT2D eigenvalue weighted by Crippen LogP contribution is 2.42. The lowest BCUT2D eigenvalue weighted by Gasteiger charge is -2.44. The number of likely N-dealkylation sites (tertiary alicyclic amines) is 1. The van der Waals surface area contributed by atoms with Gasteiger partial charge in [-0.05, 0) is 43.9 Å². The smallest absolute Gasteiger partial charge is 0.305 e. The van der Waals surface area contributed by atoms with Crippen LogP contribution < -0.4 is 5.32 Å². The molecule has 138 valence electrons. The normalized spacial score (nSPS) is 21.4. The van der Waals surface area contributed by atoms with Crippen molar-refractivity contribution < 1.29 is 9.53 Å². The third-order valence-electron chi connectivity index (χ3n) is 5.66. The van der Waals surface area contributed by atoms with Gasteiger partial charge in [0.2, 0.25) is 0 Å². The van der Waals surface area contributed by atoms with Gasteiger partial charge >= 0.3 is 5.97 Å². The van der Waals surface area contributed by atoms with Gasteiger partial charge in [0.1, 0.15) is 0 Å². The average Bonchev–Trinajstić information content (AvgIpc) is 2.83. The van der Waals surface area contributed by atoms with E-state index < -0.39 is 0 Å². The van der Waals surface area contributed by atoms with E-state index in [0.29, 0.717) is 11.8 Å². The van der Waals surface area contributed by atoms with Gasteiger partial charge in [0.15, 0.2) is 5.96 Å². The Bertz CT molecular complexity index is 415. The minimum atomic E-state index is -0.120. The molecule has 1 N–H and O–H groups in total. The van der Waals surface area contributed by atoms with Gasteiger partial charge in [0.25, 0.3) is 0 Å². The van der Waals surface area contributed by atoms with Crippen molar-refractivity contribution in [2.45, 2.75) is 70.6 Å². The number of aliphatic imine (C=N–C) groups is 1. The molecule has 1 aliphatic heterocycles. The molecule has 0 radical (unpaired) electrons. The van der Waals surface area contributed by atoms with Crippen LogP contribution in [0.5, 0.6) is 0 Å². The molecule has 1 saturated carbocycles. The van der Waals surface area contributed by atoms with E-state index >= 15 is 0 Å². The number of unbranched alkanes of at least 4 members (excludes halogenated alkanes) is 1. The molecule has 0 aromatic heterocycles. The van der Waals surface area contributed by atoms with Crippen molar-refractivity contribution in [3.8, 4) is 0 Å². The van der Waals surface area contributed by atoms with Gasteiger partial charge in [-0.2, -0.15) is 0 Å². The molecule has 0 bridgehead atoms. The van der Waals surface area contributed by atoms with Crippen LogP contribution >= 0.6 is 0 Å². The number of nitrogens with one attached hydrogen (secondary N) is 1. The summed E-state index contributed by atoms with van der Waals surface area (Å²) < 4.78 is 4.68. The molecular weight excluding hydrogens is 302 g/mol. The standard InChI is InChI=1S/C19H35N3O2/c1-20-18(21-14-8-5-10-17(23)24-2)22-15-9-13-19(16-22)11-6-3-4-7-12-19/h3-16H2,1-2H3,(H,20,21). The maximum Gasteiger partial charge on any atom is 0.305 e. The van der Waals surface area contributed by atoms with Gasteiger partial charge < -0.3 is 15.0 Å². The van der Waals surface area contributed by atoms with Crippen molar-refractivity contribution in [2.75, 3.05) is 33.8 Å². The van der Waals surface area contributed by atoms with E-state index in [2.05, 4.69) is 19.9 Å². The number of methoxy groups -OCH3 is 1. The molecule has 1 spiro atoms. The molecule has 1 heterocycles. The van der Waals surface area contributed by atoms with Gasteiger partial charge in [-0.1, -0.05) is 25.7 Å². The summed E-state index contributed by atoms with van der Waals surface area (Å²) in [6.45, 7) is 3.14. The van der Waals surface area contributed by atoms with Crippen LogP contribution in [0, 0.1) is 5.41 Å². The first-order valence-electron chi connectivity index (χ1n) is 9.71. The molecule has 2 aliphatic rings. The van der Waals surface area contributed by atoms with Crippen LogP contribution in [-0.4, -0.2) is 50.6 Å². The molecule has 0 atom stereocenters. The van der Waals surface area contributed by atoms with E-state index in [1.165, 1.54) is 58.5 Å². The summed E-state index contributed by atoms with van der Waals surface area (Å²) in [5, 5.41) is 3.49. The van der Waals surface area contributed by atoms with E-state index in [-0.39, 0.29) is 5.97 Å². The Labute approximate surface area is 147 Å². The van der Waals surface area contributed by atoms with E-state index in [4.69, 9.17) is 0 Å². The second kappa shape index (κ2) is 9.90. The summed E-state index contributed by atoms with van der Waals surface area (Å²) in [5.41, 5.74) is 0.525. The highest BCUT2D eigenvalue weighted by molar-refractivity contribution is 5.80. The predicted octanol–water partition coefficient (Wildman–Crippen LogP) is 3.34. The second-order valence-electron chi connectivity index (χ2n) is 7.45. The zero-order valence-electron chi connectivity index (χ0n) is 15.6. The molecule has 5 nitrogen and oxygen atoms in total. The molecule has 5 heteroatoms. The Morgan fingerprint density at radius 1 is 1.12 bits per heavy atom. The fraction of sp³-hybridized carbons (Fsp3) is 0.895. The second-order valence-corrected chi connectivity index (χ2v) is 7.45. The van der Waals surface area contributed by atoms with Gasteiger partial charge in [0.05, 0.1) is 7.11 Å². The zero-order chi connectivity index (χ0) is 17.3. The lowest BCUT2D eigenvalue weighted by Crippen LogP contribution is -2.50. The summed E-state index contributed by atoms with van der Waals surface area (Å²) in [6.07, 6.45) is 13.4. The number of esters is 1. The van der Waals surface area contributed by atoms with Gasteiger partial charge in [-0.3, -0.25) is 9.79 Å². The minimum Gasteiger partial charge on any atom is -0.469 e. The van der Waals surface area contributed by atoms with Crippen LogP contribution in [0.1, 0.15) is 70.6 Å². The molecule has 24 heavy (non-hydrogen) atoms. The summed E-state index contributed by atoms with van der Waals surface area (Å²) in [4.78, 5) is 18.1. The van der Waals surface area contributed by atoms with E-state index in [9.17, 15) is 4.79 Å². The number of piperidine rings is 1. The molecule has 0 aromatic rings. The Hall–Kier alpha value is -1.26. The van der Waals surface area contributed by atoms with Gasteiger partial charge in [0, 0.05) is 33.1 Å². The van der Waals surface area contributed by atoms with Crippen LogP contribution in [0.4, 0.5) is 0 Å². The Balaban J connectivity index is 1.78. The number of hydrogen-bond acceptors (Lipinski definition) is 3. The monoisotopic (exact) mass is 337 g/mol. The van der Waals surface area contributed by atoms with Crippen LogP contribution in [0.2, 0.25) is 0 Å². The quantitative estimate of drug-likeness (QED) is 0.362. The third-order valence-corrected chi connectivity index (χ3v) is 5.66. The highest BCUT2D eigenvalue weighted by Gasteiger charge is 2.36. The van der Waals surface area contributed by atoms with Gasteiger partial charge in [-0.25, -0.2) is 0 Å². The van der Waals surface area contributed by atoms with Crippen LogP contribution in [-0.2, 0) is 9.53 Å². The number of guanidine groups is 1. The summed E-state index contributed by atoms with van der Waals surface area (Å²) in [6, 6.07) is 0. The van der Waals surface area contributed by atoms with Crippen molar-refractivity contribution in [1.29, 1.82) is 0 Å². The minimum absolute atomic E-state index is 0.120.